The van der Waals surface area contributed by atoms with Crippen LogP contribution in [-0.2, 0) is 9.59 Å². The quantitative estimate of drug-likeness (QED) is 0.422. The number of carbonyl (C=O) groups is 3. The Balaban J connectivity index is 4.82. The van der Waals surface area contributed by atoms with E-state index in [1.54, 1.807) is 0 Å². The van der Waals surface area contributed by atoms with Gasteiger partial charge in [-0.1, -0.05) is 41.5 Å². The average Bonchev–Trinajstić information content (AvgIpc) is 2.45. The molecule has 0 aromatic heterocycles. The Morgan fingerprint density at radius 1 is 1.00 bits per heavy atom. The lowest BCUT2D eigenvalue weighted by atomic mass is 9.92. The van der Waals surface area contributed by atoms with E-state index in [-0.39, 0.29) is 29.6 Å². The maximum absolute atomic E-state index is 12.6. The molecule has 0 aliphatic heterocycles. The first-order valence-electron chi connectivity index (χ1n) is 8.69. The van der Waals surface area contributed by atoms with Gasteiger partial charge < -0.3 is 21.7 Å². The van der Waals surface area contributed by atoms with Crippen LogP contribution in [0.5, 0.6) is 0 Å². The minimum absolute atomic E-state index is 0.0279. The fourth-order valence-corrected chi connectivity index (χ4v) is 2.39. The van der Waals surface area contributed by atoms with Crippen molar-refractivity contribution in [2.75, 3.05) is 6.54 Å². The molecule has 7 heteroatoms. The predicted octanol–water partition coefficient (Wildman–Crippen LogP) is 1.17. The number of nitrogens with two attached hydrogens (primary N) is 1. The lowest BCUT2D eigenvalue weighted by molar-refractivity contribution is -0.131. The smallest absolute Gasteiger partial charge is 0.312 e. The molecule has 3 amide bonds. The van der Waals surface area contributed by atoms with Gasteiger partial charge in [0.2, 0.25) is 5.91 Å². The van der Waals surface area contributed by atoms with E-state index in [1.165, 1.54) is 0 Å². The zero-order chi connectivity index (χ0) is 18.9. The summed E-state index contributed by atoms with van der Waals surface area (Å²) in [7, 11) is 0. The third kappa shape index (κ3) is 8.86. The van der Waals surface area contributed by atoms with Gasteiger partial charge in [-0.05, 0) is 18.8 Å². The number of Topliss-reactive ketones (excluding diaryl/α,β-unsaturated/α-hetero) is 1. The van der Waals surface area contributed by atoms with E-state index in [0.717, 1.165) is 0 Å². The molecule has 0 aliphatic rings. The Kier molecular flexibility index (Phi) is 10.3. The Morgan fingerprint density at radius 3 is 2.00 bits per heavy atom. The van der Waals surface area contributed by atoms with Crippen molar-refractivity contribution >= 4 is 17.7 Å². The SMILES string of the molecule is CC(C)NC(CCCNC(N)=O)C(=O)NC(C(=O)C(C)C)C(C)C. The van der Waals surface area contributed by atoms with Gasteiger partial charge in [0, 0.05) is 18.5 Å². The first-order valence-corrected chi connectivity index (χ1v) is 8.69. The first kappa shape index (κ1) is 22.4. The zero-order valence-electron chi connectivity index (χ0n) is 15.8. The molecule has 0 rings (SSSR count). The molecule has 2 unspecified atom stereocenters. The highest BCUT2D eigenvalue weighted by Gasteiger charge is 2.29. The van der Waals surface area contributed by atoms with Gasteiger partial charge in [0.1, 0.15) is 0 Å². The topological polar surface area (TPSA) is 113 Å². The number of hydrogen-bond acceptors (Lipinski definition) is 4. The van der Waals surface area contributed by atoms with Gasteiger partial charge in [-0.2, -0.15) is 0 Å². The number of ketones is 1. The van der Waals surface area contributed by atoms with E-state index >= 15 is 0 Å². The molecule has 0 heterocycles. The Bertz CT molecular complexity index is 422. The van der Waals surface area contributed by atoms with Crippen LogP contribution < -0.4 is 21.7 Å². The van der Waals surface area contributed by atoms with Gasteiger partial charge in [0.25, 0.3) is 0 Å². The highest BCUT2D eigenvalue weighted by molar-refractivity contribution is 5.92. The van der Waals surface area contributed by atoms with Crippen LogP contribution in [0.1, 0.15) is 54.4 Å². The average molecular weight is 342 g/mol. The third-order valence-electron chi connectivity index (χ3n) is 3.66. The lowest BCUT2D eigenvalue weighted by Gasteiger charge is -2.27. The van der Waals surface area contributed by atoms with Gasteiger partial charge in [0.15, 0.2) is 5.78 Å². The highest BCUT2D eigenvalue weighted by atomic mass is 16.2. The molecule has 7 nitrogen and oxygen atoms in total. The molecule has 0 bridgehead atoms. The Hall–Kier alpha value is -1.63. The van der Waals surface area contributed by atoms with E-state index in [2.05, 4.69) is 16.0 Å². The van der Waals surface area contributed by atoms with Gasteiger partial charge in [-0.25, -0.2) is 4.79 Å². The van der Waals surface area contributed by atoms with Crippen LogP contribution in [-0.4, -0.2) is 42.4 Å². The number of urea groups is 1. The molecule has 0 fully saturated rings. The molecular weight excluding hydrogens is 308 g/mol. The minimum atomic E-state index is -0.574. The molecule has 0 saturated heterocycles. The van der Waals surface area contributed by atoms with Crippen molar-refractivity contribution in [2.45, 2.75) is 72.5 Å². The minimum Gasteiger partial charge on any atom is -0.352 e. The van der Waals surface area contributed by atoms with Crippen molar-refractivity contribution in [3.8, 4) is 0 Å². The molecule has 0 radical (unpaired) electrons. The van der Waals surface area contributed by atoms with Crippen LogP contribution in [0.2, 0.25) is 0 Å². The Labute approximate surface area is 145 Å². The normalized spacial score (nSPS) is 13.9. The summed E-state index contributed by atoms with van der Waals surface area (Å²) >= 11 is 0. The molecule has 0 aromatic carbocycles. The summed E-state index contributed by atoms with van der Waals surface area (Å²) in [6.07, 6.45) is 1.16. The zero-order valence-corrected chi connectivity index (χ0v) is 15.8. The van der Waals surface area contributed by atoms with E-state index in [9.17, 15) is 14.4 Å². The molecule has 0 aliphatic carbocycles. The summed E-state index contributed by atoms with van der Waals surface area (Å²) in [5.41, 5.74) is 5.03. The standard InChI is InChI=1S/C17H34N4O3/c1-10(2)14(15(22)11(3)4)21-16(23)13(20-12(5)6)8-7-9-19-17(18)24/h10-14,20H,7-9H2,1-6H3,(H,21,23)(H3,18,19,24). The van der Waals surface area contributed by atoms with Gasteiger partial charge in [0.05, 0.1) is 12.1 Å². The van der Waals surface area contributed by atoms with Crippen molar-refractivity contribution in [3.63, 3.8) is 0 Å². The summed E-state index contributed by atoms with van der Waals surface area (Å²) in [4.78, 5) is 35.6. The van der Waals surface area contributed by atoms with E-state index in [4.69, 9.17) is 5.73 Å². The Morgan fingerprint density at radius 2 is 1.58 bits per heavy atom. The second-order valence-electron chi connectivity index (χ2n) is 7.09. The van der Waals surface area contributed by atoms with Crippen LogP contribution in [0.3, 0.4) is 0 Å². The summed E-state index contributed by atoms with van der Waals surface area (Å²) in [6, 6.07) is -1.35. The number of hydrogen-bond donors (Lipinski definition) is 4. The second-order valence-corrected chi connectivity index (χ2v) is 7.09. The fourth-order valence-electron chi connectivity index (χ4n) is 2.39. The van der Waals surface area contributed by atoms with E-state index in [0.29, 0.717) is 19.4 Å². The number of amides is 3. The largest absolute Gasteiger partial charge is 0.352 e. The number of rotatable bonds is 11. The van der Waals surface area contributed by atoms with Crippen LogP contribution in [0, 0.1) is 11.8 Å². The highest BCUT2D eigenvalue weighted by Crippen LogP contribution is 2.10. The molecule has 24 heavy (non-hydrogen) atoms. The van der Waals surface area contributed by atoms with E-state index in [1.807, 2.05) is 41.5 Å². The molecular formula is C17H34N4O3. The maximum Gasteiger partial charge on any atom is 0.312 e. The van der Waals surface area contributed by atoms with Crippen LogP contribution in [0.15, 0.2) is 0 Å². The summed E-state index contributed by atoms with van der Waals surface area (Å²) in [5, 5.41) is 8.61. The molecule has 0 aromatic rings. The van der Waals surface area contributed by atoms with Crippen molar-refractivity contribution in [1.29, 1.82) is 0 Å². The molecule has 0 saturated carbocycles. The molecule has 0 spiro atoms. The molecule has 140 valence electrons. The van der Waals surface area contributed by atoms with Crippen LogP contribution in [0.4, 0.5) is 4.79 Å². The van der Waals surface area contributed by atoms with Gasteiger partial charge >= 0.3 is 6.03 Å². The molecule has 5 N–H and O–H groups in total. The van der Waals surface area contributed by atoms with Crippen LogP contribution >= 0.6 is 0 Å². The van der Waals surface area contributed by atoms with Gasteiger partial charge in [-0.3, -0.25) is 9.59 Å². The van der Waals surface area contributed by atoms with Gasteiger partial charge in [-0.15, -0.1) is 0 Å². The van der Waals surface area contributed by atoms with E-state index < -0.39 is 18.1 Å². The number of nitrogens with one attached hydrogen (secondary N) is 3. The predicted molar refractivity (Wildman–Crippen MR) is 95.5 cm³/mol. The summed E-state index contributed by atoms with van der Waals surface area (Å²) in [6.45, 7) is 11.9. The van der Waals surface area contributed by atoms with Crippen molar-refractivity contribution in [1.82, 2.24) is 16.0 Å². The lowest BCUT2D eigenvalue weighted by Crippen LogP contribution is -2.54. The van der Waals surface area contributed by atoms with Crippen molar-refractivity contribution in [3.05, 3.63) is 0 Å². The monoisotopic (exact) mass is 342 g/mol. The second kappa shape index (κ2) is 11.0. The van der Waals surface area contributed by atoms with Crippen LogP contribution in [0.25, 0.3) is 0 Å². The first-order chi connectivity index (χ1) is 11.1. The van der Waals surface area contributed by atoms with Crippen molar-refractivity contribution < 1.29 is 14.4 Å². The van der Waals surface area contributed by atoms with Crippen molar-refractivity contribution in [2.24, 2.45) is 17.6 Å². The number of carbonyl (C=O) groups excluding carboxylic acids is 3. The third-order valence-corrected chi connectivity index (χ3v) is 3.66. The molecule has 2 atom stereocenters. The maximum atomic E-state index is 12.6. The fraction of sp³-hybridized carbons (Fsp3) is 0.824. The number of primary amides is 1. The summed E-state index contributed by atoms with van der Waals surface area (Å²) in [5.74, 6) is -0.249. The summed E-state index contributed by atoms with van der Waals surface area (Å²) < 4.78 is 0.